The van der Waals surface area contributed by atoms with Crippen molar-refractivity contribution in [3.63, 3.8) is 0 Å². The third-order valence-electron chi connectivity index (χ3n) is 4.97. The van der Waals surface area contributed by atoms with Gasteiger partial charge in [-0.15, -0.1) is 11.0 Å². The molecule has 0 saturated heterocycles. The molecule has 4 aromatic rings. The second kappa shape index (κ2) is 9.10. The quantitative estimate of drug-likeness (QED) is 0.461. The Morgan fingerprint density at radius 1 is 0.935 bits per heavy atom. The summed E-state index contributed by atoms with van der Waals surface area (Å²) in [6.45, 7) is 2.29. The number of carboxylic acid groups (broad SMARTS) is 1. The van der Waals surface area contributed by atoms with Gasteiger partial charge in [0.25, 0.3) is 0 Å². The molecule has 0 bridgehead atoms. The van der Waals surface area contributed by atoms with Crippen molar-refractivity contribution in [1.82, 2.24) is 14.8 Å². The lowest BCUT2D eigenvalue weighted by molar-refractivity contribution is 0.0697. The number of carboxylic acids is 1. The number of hydrogen-bond donors (Lipinski definition) is 1. The molecule has 5 heteroatoms. The number of aromatic nitrogens is 3. The number of hydrogen-bond acceptors (Lipinski definition) is 3. The molecule has 0 radical (unpaired) electrons. The van der Waals surface area contributed by atoms with Crippen LogP contribution in [0.4, 0.5) is 0 Å². The SMILES string of the molecule is CC#CCn1nc(-c2ccccc2)nc1Cc1ccc(-c2ccccc2C(=O)O)cc1. The topological polar surface area (TPSA) is 68.0 Å². The normalized spacial score (nSPS) is 10.4. The minimum atomic E-state index is -0.932. The summed E-state index contributed by atoms with van der Waals surface area (Å²) in [6, 6.07) is 24.8. The summed E-state index contributed by atoms with van der Waals surface area (Å²) in [7, 11) is 0. The summed E-state index contributed by atoms with van der Waals surface area (Å²) >= 11 is 0. The molecule has 0 aliphatic carbocycles. The van der Waals surface area contributed by atoms with E-state index in [9.17, 15) is 9.90 Å². The molecule has 31 heavy (non-hydrogen) atoms. The van der Waals surface area contributed by atoms with Crippen LogP contribution in [0.25, 0.3) is 22.5 Å². The Labute approximate surface area is 181 Å². The van der Waals surface area contributed by atoms with E-state index in [0.717, 1.165) is 22.5 Å². The van der Waals surface area contributed by atoms with Gasteiger partial charge in [-0.05, 0) is 29.7 Å². The van der Waals surface area contributed by atoms with Gasteiger partial charge in [-0.25, -0.2) is 14.5 Å². The Morgan fingerprint density at radius 2 is 1.65 bits per heavy atom. The van der Waals surface area contributed by atoms with Crippen LogP contribution in [0.1, 0.15) is 28.7 Å². The second-order valence-electron chi connectivity index (χ2n) is 7.03. The monoisotopic (exact) mass is 407 g/mol. The van der Waals surface area contributed by atoms with Crippen LogP contribution in [0.15, 0.2) is 78.9 Å². The predicted octanol–water partition coefficient (Wildman–Crippen LogP) is 4.92. The van der Waals surface area contributed by atoms with Crippen LogP contribution in [-0.4, -0.2) is 25.8 Å². The molecular weight excluding hydrogens is 386 g/mol. The van der Waals surface area contributed by atoms with Crippen LogP contribution in [0, 0.1) is 11.8 Å². The zero-order valence-corrected chi connectivity index (χ0v) is 17.1. The van der Waals surface area contributed by atoms with Crippen molar-refractivity contribution >= 4 is 5.97 Å². The number of benzene rings is 3. The summed E-state index contributed by atoms with van der Waals surface area (Å²) in [4.78, 5) is 16.3. The summed E-state index contributed by atoms with van der Waals surface area (Å²) in [5.74, 6) is 6.55. The molecule has 1 N–H and O–H groups in total. The van der Waals surface area contributed by atoms with E-state index in [4.69, 9.17) is 4.98 Å². The summed E-state index contributed by atoms with van der Waals surface area (Å²) in [5, 5.41) is 14.1. The van der Waals surface area contributed by atoms with E-state index in [1.807, 2.05) is 78.3 Å². The average Bonchev–Trinajstić information content (AvgIpc) is 3.21. The second-order valence-corrected chi connectivity index (χ2v) is 7.03. The van der Waals surface area contributed by atoms with Crippen molar-refractivity contribution in [2.75, 3.05) is 0 Å². The standard InChI is InChI=1S/C26H21N3O2/c1-2-3-17-29-24(27-25(28-29)21-9-5-4-6-10-21)18-19-13-15-20(16-14-19)22-11-7-8-12-23(22)26(30)31/h4-16H,17-18H2,1H3,(H,30,31). The van der Waals surface area contributed by atoms with Crippen molar-refractivity contribution in [2.24, 2.45) is 0 Å². The van der Waals surface area contributed by atoms with Crippen LogP contribution in [0.2, 0.25) is 0 Å². The van der Waals surface area contributed by atoms with Crippen molar-refractivity contribution in [3.8, 4) is 34.4 Å². The highest BCUT2D eigenvalue weighted by Gasteiger charge is 2.13. The fourth-order valence-electron chi connectivity index (χ4n) is 3.40. The van der Waals surface area contributed by atoms with Gasteiger partial charge in [-0.3, -0.25) is 0 Å². The molecule has 0 unspecified atom stereocenters. The third-order valence-corrected chi connectivity index (χ3v) is 4.97. The number of rotatable bonds is 6. The highest BCUT2D eigenvalue weighted by molar-refractivity contribution is 5.95. The lowest BCUT2D eigenvalue weighted by Gasteiger charge is -2.08. The Morgan fingerprint density at radius 3 is 2.35 bits per heavy atom. The lowest BCUT2D eigenvalue weighted by atomic mass is 9.98. The Bertz CT molecular complexity index is 1260. The predicted molar refractivity (Wildman–Crippen MR) is 121 cm³/mol. The summed E-state index contributed by atoms with van der Waals surface area (Å²) in [5.41, 5.74) is 3.89. The van der Waals surface area contributed by atoms with Gasteiger partial charge in [-0.2, -0.15) is 0 Å². The first-order chi connectivity index (χ1) is 15.2. The number of carbonyl (C=O) groups is 1. The van der Waals surface area contributed by atoms with Gasteiger partial charge in [0.1, 0.15) is 12.4 Å². The zero-order chi connectivity index (χ0) is 21.6. The molecule has 5 nitrogen and oxygen atoms in total. The van der Waals surface area contributed by atoms with Gasteiger partial charge in [0.05, 0.1) is 5.56 Å². The van der Waals surface area contributed by atoms with Gasteiger partial charge in [-0.1, -0.05) is 78.7 Å². The molecule has 1 aromatic heterocycles. The minimum Gasteiger partial charge on any atom is -0.478 e. The van der Waals surface area contributed by atoms with E-state index in [1.54, 1.807) is 12.1 Å². The van der Waals surface area contributed by atoms with Crippen molar-refractivity contribution < 1.29 is 9.90 Å². The first kappa shape index (κ1) is 20.1. The van der Waals surface area contributed by atoms with E-state index in [1.165, 1.54) is 0 Å². The third kappa shape index (κ3) is 4.54. The Balaban J connectivity index is 1.62. The van der Waals surface area contributed by atoms with E-state index in [0.29, 0.717) is 29.9 Å². The van der Waals surface area contributed by atoms with Crippen LogP contribution in [-0.2, 0) is 13.0 Å². The van der Waals surface area contributed by atoms with Gasteiger partial charge < -0.3 is 5.11 Å². The van der Waals surface area contributed by atoms with E-state index in [2.05, 4.69) is 16.9 Å². The smallest absolute Gasteiger partial charge is 0.336 e. The summed E-state index contributed by atoms with van der Waals surface area (Å²) in [6.07, 6.45) is 0.603. The fraction of sp³-hybridized carbons (Fsp3) is 0.115. The van der Waals surface area contributed by atoms with Crippen molar-refractivity contribution in [2.45, 2.75) is 19.9 Å². The maximum absolute atomic E-state index is 11.5. The number of aromatic carboxylic acids is 1. The molecule has 152 valence electrons. The molecule has 0 aliphatic rings. The molecule has 1 heterocycles. The van der Waals surface area contributed by atoms with Gasteiger partial charge >= 0.3 is 5.97 Å². The van der Waals surface area contributed by atoms with Gasteiger partial charge in [0.15, 0.2) is 5.82 Å². The largest absolute Gasteiger partial charge is 0.478 e. The molecule has 3 aromatic carbocycles. The van der Waals surface area contributed by atoms with E-state index < -0.39 is 5.97 Å². The van der Waals surface area contributed by atoms with Crippen molar-refractivity contribution in [1.29, 1.82) is 0 Å². The highest BCUT2D eigenvalue weighted by atomic mass is 16.4. The Kier molecular flexibility index (Phi) is 5.91. The number of nitrogens with zero attached hydrogens (tertiary/aromatic N) is 3. The lowest BCUT2D eigenvalue weighted by Crippen LogP contribution is -2.05. The Hall–Kier alpha value is -4.17. The molecule has 4 rings (SSSR count). The van der Waals surface area contributed by atoms with Crippen LogP contribution >= 0.6 is 0 Å². The molecule has 0 saturated carbocycles. The maximum Gasteiger partial charge on any atom is 0.336 e. The summed E-state index contributed by atoms with van der Waals surface area (Å²) < 4.78 is 1.84. The van der Waals surface area contributed by atoms with E-state index in [-0.39, 0.29) is 0 Å². The van der Waals surface area contributed by atoms with Gasteiger partial charge in [0, 0.05) is 12.0 Å². The van der Waals surface area contributed by atoms with E-state index >= 15 is 0 Å². The van der Waals surface area contributed by atoms with Crippen LogP contribution < -0.4 is 0 Å². The maximum atomic E-state index is 11.5. The molecular formula is C26H21N3O2. The minimum absolute atomic E-state index is 0.292. The van der Waals surface area contributed by atoms with Gasteiger partial charge in [0.2, 0.25) is 0 Å². The first-order valence-corrected chi connectivity index (χ1v) is 9.96. The zero-order valence-electron chi connectivity index (χ0n) is 17.1. The first-order valence-electron chi connectivity index (χ1n) is 9.96. The highest BCUT2D eigenvalue weighted by Crippen LogP contribution is 2.25. The molecule has 0 atom stereocenters. The fourth-order valence-corrected chi connectivity index (χ4v) is 3.40. The average molecular weight is 407 g/mol. The molecule has 0 aliphatic heterocycles. The van der Waals surface area contributed by atoms with Crippen LogP contribution in [0.3, 0.4) is 0 Å². The van der Waals surface area contributed by atoms with Crippen LogP contribution in [0.5, 0.6) is 0 Å². The molecule has 0 fully saturated rings. The van der Waals surface area contributed by atoms with Crippen molar-refractivity contribution in [3.05, 3.63) is 95.8 Å². The molecule has 0 amide bonds. The molecule has 0 spiro atoms.